The van der Waals surface area contributed by atoms with Crippen LogP contribution in [0, 0.1) is 0 Å². The summed E-state index contributed by atoms with van der Waals surface area (Å²) in [5.74, 6) is 0.554. The van der Waals surface area contributed by atoms with Crippen LogP contribution in [0.25, 0.3) is 0 Å². The molecule has 2 aliphatic rings. The molecule has 1 N–H and O–H groups in total. The molecule has 0 spiro atoms. The first-order valence-corrected chi connectivity index (χ1v) is 13.6. The zero-order valence-electron chi connectivity index (χ0n) is 21.9. The number of fused-ring (bicyclic) bond motifs is 1. The minimum Gasteiger partial charge on any atom is -0.301 e. The fourth-order valence-corrected chi connectivity index (χ4v) is 5.71. The Labute approximate surface area is 242 Å². The van der Waals surface area contributed by atoms with Crippen molar-refractivity contribution in [1.82, 2.24) is 10.2 Å². The van der Waals surface area contributed by atoms with Crippen molar-refractivity contribution in [2.24, 2.45) is 0 Å². The fraction of sp³-hybridized carbons (Fsp3) is 0.355. The van der Waals surface area contributed by atoms with Gasteiger partial charge in [0.15, 0.2) is 5.78 Å². The molecule has 3 aromatic rings. The molecule has 2 unspecified atom stereocenters. The summed E-state index contributed by atoms with van der Waals surface area (Å²) >= 11 is 12.4. The number of carbonyl (C=O) groups excluding carboxylic acids is 2. The number of hydrogen-bond donors (Lipinski definition) is 1. The third-order valence-corrected chi connectivity index (χ3v) is 7.83. The molecule has 2 heterocycles. The first-order valence-electron chi connectivity index (χ1n) is 12.9. The normalized spacial score (nSPS) is 20.5. The Morgan fingerprint density at radius 2 is 1.55 bits per heavy atom. The summed E-state index contributed by atoms with van der Waals surface area (Å²) in [6, 6.07) is 24.5. The van der Waals surface area contributed by atoms with Gasteiger partial charge in [-0.2, -0.15) is 0 Å². The highest BCUT2D eigenvalue weighted by atomic mass is 35.5. The van der Waals surface area contributed by atoms with Gasteiger partial charge >= 0.3 is 0 Å². The number of rotatable bonds is 6. The number of halogens is 3. The van der Waals surface area contributed by atoms with E-state index in [1.165, 1.54) is 37.8 Å². The molecule has 2 aliphatic heterocycles. The number of likely N-dealkylation sites (tertiary alicyclic amines) is 1. The lowest BCUT2D eigenvalue weighted by Crippen LogP contribution is -2.60. The van der Waals surface area contributed by atoms with Crippen LogP contribution in [0.1, 0.15) is 54.9 Å². The number of hydrogen-bond acceptors (Lipinski definition) is 4. The van der Waals surface area contributed by atoms with E-state index in [1.54, 1.807) is 6.07 Å². The molecule has 0 saturated carbocycles. The Morgan fingerprint density at radius 3 is 2.21 bits per heavy atom. The molecule has 4 nitrogen and oxygen atoms in total. The van der Waals surface area contributed by atoms with E-state index in [2.05, 4.69) is 58.7 Å². The van der Waals surface area contributed by atoms with Crippen molar-refractivity contribution in [3.8, 4) is 0 Å². The number of ketones is 2. The van der Waals surface area contributed by atoms with E-state index in [0.29, 0.717) is 23.0 Å². The summed E-state index contributed by atoms with van der Waals surface area (Å²) in [6.07, 6.45) is 2.68. The van der Waals surface area contributed by atoms with Gasteiger partial charge in [0.1, 0.15) is 11.3 Å². The zero-order chi connectivity index (χ0) is 26.4. The number of benzene rings is 3. The number of nitrogens with zero attached hydrogens (tertiary/aromatic N) is 1. The molecular formula is C31H35Cl3N2O2. The molecule has 0 radical (unpaired) electrons. The summed E-state index contributed by atoms with van der Waals surface area (Å²) in [4.78, 5) is 26.0. The van der Waals surface area contributed by atoms with E-state index in [0.717, 1.165) is 30.8 Å². The summed E-state index contributed by atoms with van der Waals surface area (Å²) in [6.45, 7) is 6.54. The Hall–Kier alpha value is -2.21. The molecular weight excluding hydrogens is 539 g/mol. The van der Waals surface area contributed by atoms with E-state index in [1.807, 2.05) is 18.2 Å². The molecule has 38 heavy (non-hydrogen) atoms. The topological polar surface area (TPSA) is 49.4 Å². The number of Topliss-reactive ketones (excluding diaryl/α,β-unsaturated/α-hetero) is 2. The second-order valence-electron chi connectivity index (χ2n) is 10.1. The molecule has 0 bridgehead atoms. The Morgan fingerprint density at radius 1 is 0.921 bits per heavy atom. The van der Waals surface area contributed by atoms with Crippen molar-refractivity contribution >= 4 is 47.2 Å². The van der Waals surface area contributed by atoms with Crippen LogP contribution in [0.15, 0.2) is 72.8 Å². The summed E-state index contributed by atoms with van der Waals surface area (Å²) < 4.78 is 0. The second-order valence-corrected chi connectivity index (χ2v) is 10.9. The van der Waals surface area contributed by atoms with Gasteiger partial charge in [-0.25, -0.2) is 0 Å². The van der Waals surface area contributed by atoms with Crippen LogP contribution in [0.5, 0.6) is 0 Å². The van der Waals surface area contributed by atoms with Gasteiger partial charge in [-0.05, 0) is 74.2 Å². The summed E-state index contributed by atoms with van der Waals surface area (Å²) in [5, 5.41) is 4.75. The molecule has 0 aromatic heterocycles. The van der Waals surface area contributed by atoms with Crippen LogP contribution < -0.4 is 5.32 Å². The van der Waals surface area contributed by atoms with E-state index < -0.39 is 5.54 Å². The fourth-order valence-electron chi connectivity index (χ4n) is 5.39. The van der Waals surface area contributed by atoms with Crippen molar-refractivity contribution in [2.75, 3.05) is 26.2 Å². The Bertz CT molecular complexity index is 1240. The maximum atomic E-state index is 14.1. The third kappa shape index (κ3) is 7.05. The highest BCUT2D eigenvalue weighted by Crippen LogP contribution is 2.40. The van der Waals surface area contributed by atoms with Crippen LogP contribution in [0.3, 0.4) is 0 Å². The smallest absolute Gasteiger partial charge is 0.163 e. The Kier molecular flexibility index (Phi) is 11.0. The summed E-state index contributed by atoms with van der Waals surface area (Å²) in [5.41, 5.74) is 3.74. The van der Waals surface area contributed by atoms with Crippen molar-refractivity contribution in [2.45, 2.75) is 44.6 Å². The van der Waals surface area contributed by atoms with Crippen molar-refractivity contribution < 1.29 is 9.59 Å². The van der Waals surface area contributed by atoms with Gasteiger partial charge in [-0.15, -0.1) is 12.4 Å². The molecule has 202 valence electrons. The van der Waals surface area contributed by atoms with Crippen LogP contribution in [-0.2, 0) is 21.5 Å². The predicted molar refractivity (Wildman–Crippen MR) is 159 cm³/mol. The lowest BCUT2D eigenvalue weighted by Gasteiger charge is -2.44. The maximum absolute atomic E-state index is 14.1. The molecule has 0 aliphatic carbocycles. The lowest BCUT2D eigenvalue weighted by atomic mass is 9.72. The van der Waals surface area contributed by atoms with Gasteiger partial charge in [-0.3, -0.25) is 10.1 Å². The number of carbonyl (C=O) groups is 2. The van der Waals surface area contributed by atoms with Gasteiger partial charge in [0.25, 0.3) is 0 Å². The largest absolute Gasteiger partial charge is 0.301 e. The quantitative estimate of drug-likeness (QED) is 0.350. The highest BCUT2D eigenvalue weighted by Gasteiger charge is 2.46. The first kappa shape index (κ1) is 30.3. The van der Waals surface area contributed by atoms with Gasteiger partial charge in [0.2, 0.25) is 0 Å². The summed E-state index contributed by atoms with van der Waals surface area (Å²) in [7, 11) is 0. The van der Waals surface area contributed by atoms with E-state index >= 15 is 0 Å². The van der Waals surface area contributed by atoms with Crippen molar-refractivity contribution in [3.63, 3.8) is 0 Å². The SMILES string of the molecule is CC(C)=O.Cl.O=C(Cc1ccc(Cl)c(Cl)c1)C1(CN2CCCC2)NCC(c2ccccc2)c2ccccc21. The van der Waals surface area contributed by atoms with Crippen LogP contribution in [0.4, 0.5) is 0 Å². The standard InChI is InChI=1S/C28H28Cl2N2O.C3H6O.ClH/c29-25-13-12-20(16-26(25)30)17-27(33)28(19-32-14-6-7-15-32)24-11-5-4-10-22(24)23(18-31-28)21-8-2-1-3-9-21;1-3(2)4;/h1-5,8-13,16,23,31H,6-7,14-15,17-19H2;1-2H3;1H. The molecule has 0 amide bonds. The monoisotopic (exact) mass is 572 g/mol. The van der Waals surface area contributed by atoms with Gasteiger partial charge < -0.3 is 9.69 Å². The van der Waals surface area contributed by atoms with Crippen molar-refractivity contribution in [1.29, 1.82) is 0 Å². The minimum absolute atomic E-state index is 0. The van der Waals surface area contributed by atoms with Crippen LogP contribution in [0.2, 0.25) is 10.0 Å². The highest BCUT2D eigenvalue weighted by molar-refractivity contribution is 6.42. The molecule has 2 atom stereocenters. The molecule has 7 heteroatoms. The molecule has 3 aromatic carbocycles. The first-order chi connectivity index (χ1) is 17.8. The molecule has 5 rings (SSSR count). The minimum atomic E-state index is -0.752. The van der Waals surface area contributed by atoms with E-state index in [9.17, 15) is 9.59 Å². The molecule has 1 fully saturated rings. The predicted octanol–water partition coefficient (Wildman–Crippen LogP) is 6.85. The maximum Gasteiger partial charge on any atom is 0.163 e. The van der Waals surface area contributed by atoms with Gasteiger partial charge in [-0.1, -0.05) is 83.9 Å². The average molecular weight is 574 g/mol. The Balaban J connectivity index is 0.000000749. The van der Waals surface area contributed by atoms with Crippen LogP contribution in [-0.4, -0.2) is 42.6 Å². The van der Waals surface area contributed by atoms with E-state index in [-0.39, 0.29) is 29.9 Å². The lowest BCUT2D eigenvalue weighted by molar-refractivity contribution is -0.126. The molecule has 1 saturated heterocycles. The second kappa shape index (κ2) is 13.7. The van der Waals surface area contributed by atoms with Gasteiger partial charge in [0, 0.05) is 25.4 Å². The third-order valence-electron chi connectivity index (χ3n) is 7.09. The van der Waals surface area contributed by atoms with Gasteiger partial charge in [0.05, 0.1) is 10.0 Å². The number of nitrogens with one attached hydrogen (secondary N) is 1. The van der Waals surface area contributed by atoms with E-state index in [4.69, 9.17) is 23.2 Å². The van der Waals surface area contributed by atoms with Crippen molar-refractivity contribution in [3.05, 3.63) is 105 Å². The average Bonchev–Trinajstić information content (AvgIpc) is 3.39. The van der Waals surface area contributed by atoms with Crippen LogP contribution >= 0.6 is 35.6 Å². The zero-order valence-corrected chi connectivity index (χ0v) is 24.2.